The summed E-state index contributed by atoms with van der Waals surface area (Å²) in [5.41, 5.74) is 4.27. The van der Waals surface area contributed by atoms with Gasteiger partial charge in [-0.25, -0.2) is 5.43 Å². The maximum atomic E-state index is 11.9. The Morgan fingerprint density at radius 3 is 2.69 bits per heavy atom. The van der Waals surface area contributed by atoms with E-state index < -0.39 is 11.8 Å². The van der Waals surface area contributed by atoms with Gasteiger partial charge in [0.25, 0.3) is 0 Å². The SMILES string of the molecule is COc1cc(/C=N/NC(=O)CC(=O)Nc2ccc(C)c(Cl)c2)ccc1O. The molecule has 0 radical (unpaired) electrons. The molecule has 0 aliphatic heterocycles. The van der Waals surface area contributed by atoms with E-state index in [0.717, 1.165) is 5.56 Å². The number of phenols is 1. The summed E-state index contributed by atoms with van der Waals surface area (Å²) < 4.78 is 4.98. The Bertz CT molecular complexity index is 852. The van der Waals surface area contributed by atoms with Gasteiger partial charge in [-0.1, -0.05) is 17.7 Å². The molecule has 2 rings (SSSR count). The first-order valence-electron chi connectivity index (χ1n) is 7.64. The minimum absolute atomic E-state index is 0.00145. The lowest BCUT2D eigenvalue weighted by molar-refractivity contribution is -0.126. The molecule has 26 heavy (non-hydrogen) atoms. The van der Waals surface area contributed by atoms with Crippen molar-refractivity contribution < 1.29 is 19.4 Å². The molecule has 8 heteroatoms. The van der Waals surface area contributed by atoms with Crippen molar-refractivity contribution in [3.05, 3.63) is 52.5 Å². The third-order valence-corrected chi connectivity index (χ3v) is 3.79. The number of carbonyl (C=O) groups excluding carboxylic acids is 2. The van der Waals surface area contributed by atoms with Gasteiger partial charge in [-0.3, -0.25) is 9.59 Å². The number of aryl methyl sites for hydroxylation is 1. The van der Waals surface area contributed by atoms with Gasteiger partial charge >= 0.3 is 0 Å². The van der Waals surface area contributed by atoms with Crippen LogP contribution in [0.5, 0.6) is 11.5 Å². The number of halogens is 1. The number of anilines is 1. The highest BCUT2D eigenvalue weighted by molar-refractivity contribution is 6.31. The van der Waals surface area contributed by atoms with Gasteiger partial charge in [0.1, 0.15) is 6.42 Å². The lowest BCUT2D eigenvalue weighted by Crippen LogP contribution is -2.24. The Hall–Kier alpha value is -3.06. The molecule has 0 saturated heterocycles. The van der Waals surface area contributed by atoms with E-state index >= 15 is 0 Å². The number of amides is 2. The fourth-order valence-electron chi connectivity index (χ4n) is 2.01. The van der Waals surface area contributed by atoms with Crippen LogP contribution in [0.3, 0.4) is 0 Å². The van der Waals surface area contributed by atoms with Crippen LogP contribution in [0.25, 0.3) is 0 Å². The van der Waals surface area contributed by atoms with Crippen LogP contribution < -0.4 is 15.5 Å². The number of hydrogen-bond acceptors (Lipinski definition) is 5. The molecular formula is C18H18ClN3O4. The summed E-state index contributed by atoms with van der Waals surface area (Å²) in [4.78, 5) is 23.6. The summed E-state index contributed by atoms with van der Waals surface area (Å²) in [7, 11) is 1.43. The van der Waals surface area contributed by atoms with Crippen LogP contribution in [-0.4, -0.2) is 30.2 Å². The number of hydrazone groups is 1. The first kappa shape index (κ1) is 19.3. The maximum absolute atomic E-state index is 11.9. The summed E-state index contributed by atoms with van der Waals surface area (Å²) in [5, 5.41) is 16.4. The lowest BCUT2D eigenvalue weighted by atomic mass is 10.2. The van der Waals surface area contributed by atoms with E-state index in [-0.39, 0.29) is 17.9 Å². The second kappa shape index (κ2) is 8.87. The molecule has 7 nitrogen and oxygen atoms in total. The van der Waals surface area contributed by atoms with E-state index in [1.54, 1.807) is 30.3 Å². The van der Waals surface area contributed by atoms with Crippen LogP contribution in [-0.2, 0) is 9.59 Å². The minimum Gasteiger partial charge on any atom is -0.504 e. The summed E-state index contributed by atoms with van der Waals surface area (Å²) >= 11 is 5.99. The molecule has 0 heterocycles. The topological polar surface area (TPSA) is 100 Å². The van der Waals surface area contributed by atoms with Gasteiger partial charge in [-0.2, -0.15) is 5.10 Å². The Balaban J connectivity index is 1.86. The predicted octanol–water partition coefficient (Wildman–Crippen LogP) is 2.84. The average Bonchev–Trinajstić information content (AvgIpc) is 2.59. The van der Waals surface area contributed by atoms with Crippen LogP contribution in [0.4, 0.5) is 5.69 Å². The van der Waals surface area contributed by atoms with E-state index in [0.29, 0.717) is 16.3 Å². The number of carbonyl (C=O) groups is 2. The highest BCUT2D eigenvalue weighted by Gasteiger charge is 2.09. The molecule has 3 N–H and O–H groups in total. The van der Waals surface area contributed by atoms with Crippen molar-refractivity contribution in [1.29, 1.82) is 0 Å². The highest BCUT2D eigenvalue weighted by Crippen LogP contribution is 2.25. The van der Waals surface area contributed by atoms with Gasteiger partial charge in [0.15, 0.2) is 11.5 Å². The number of phenolic OH excluding ortho intramolecular Hbond substituents is 1. The van der Waals surface area contributed by atoms with Gasteiger partial charge < -0.3 is 15.2 Å². The summed E-state index contributed by atoms with van der Waals surface area (Å²) in [6.45, 7) is 1.85. The van der Waals surface area contributed by atoms with Crippen molar-refractivity contribution in [3.8, 4) is 11.5 Å². The Morgan fingerprint density at radius 2 is 2.00 bits per heavy atom. The quantitative estimate of drug-likeness (QED) is 0.410. The summed E-state index contributed by atoms with van der Waals surface area (Å²) in [6, 6.07) is 9.69. The first-order chi connectivity index (χ1) is 12.4. The Kier molecular flexibility index (Phi) is 6.57. The van der Waals surface area contributed by atoms with E-state index in [9.17, 15) is 14.7 Å². The van der Waals surface area contributed by atoms with E-state index in [4.69, 9.17) is 16.3 Å². The van der Waals surface area contributed by atoms with Gasteiger partial charge in [-0.15, -0.1) is 0 Å². The monoisotopic (exact) mass is 375 g/mol. The van der Waals surface area contributed by atoms with Crippen molar-refractivity contribution >= 4 is 35.3 Å². The molecule has 0 fully saturated rings. The first-order valence-corrected chi connectivity index (χ1v) is 8.01. The Morgan fingerprint density at radius 1 is 1.23 bits per heavy atom. The smallest absolute Gasteiger partial charge is 0.249 e. The number of hydrogen-bond donors (Lipinski definition) is 3. The molecule has 0 spiro atoms. The highest BCUT2D eigenvalue weighted by atomic mass is 35.5. The van der Waals surface area contributed by atoms with Crippen molar-refractivity contribution in [3.63, 3.8) is 0 Å². The summed E-state index contributed by atoms with van der Waals surface area (Å²) in [5.74, 6) is -0.760. The molecule has 0 aliphatic carbocycles. The van der Waals surface area contributed by atoms with Crippen molar-refractivity contribution in [2.45, 2.75) is 13.3 Å². The molecule has 0 aromatic heterocycles. The molecule has 0 saturated carbocycles. The van der Waals surface area contributed by atoms with Crippen LogP contribution in [0, 0.1) is 6.92 Å². The largest absolute Gasteiger partial charge is 0.504 e. The zero-order valence-corrected chi connectivity index (χ0v) is 15.0. The van der Waals surface area contributed by atoms with E-state index in [2.05, 4.69) is 15.8 Å². The number of methoxy groups -OCH3 is 1. The average molecular weight is 376 g/mol. The normalized spacial score (nSPS) is 10.6. The third-order valence-electron chi connectivity index (χ3n) is 3.38. The predicted molar refractivity (Wildman–Crippen MR) is 99.8 cm³/mol. The zero-order chi connectivity index (χ0) is 19.1. The standard InChI is InChI=1S/C18H18ClN3O4/c1-11-3-5-13(8-14(11)19)21-17(24)9-18(25)22-20-10-12-4-6-15(23)16(7-12)26-2/h3-8,10,23H,9H2,1-2H3,(H,21,24)(H,22,25)/b20-10+. The third kappa shape index (κ3) is 5.49. The molecule has 0 bridgehead atoms. The van der Waals surface area contributed by atoms with Gasteiger partial charge in [0, 0.05) is 10.7 Å². The second-order valence-electron chi connectivity index (χ2n) is 5.41. The Labute approximate surface area is 155 Å². The molecule has 2 amide bonds. The lowest BCUT2D eigenvalue weighted by Gasteiger charge is -2.06. The van der Waals surface area contributed by atoms with E-state index in [1.165, 1.54) is 19.4 Å². The fourth-order valence-corrected chi connectivity index (χ4v) is 2.20. The number of nitrogens with zero attached hydrogens (tertiary/aromatic N) is 1. The van der Waals surface area contributed by atoms with Crippen LogP contribution in [0.1, 0.15) is 17.5 Å². The van der Waals surface area contributed by atoms with E-state index in [1.807, 2.05) is 6.92 Å². The van der Waals surface area contributed by atoms with Crippen LogP contribution in [0.15, 0.2) is 41.5 Å². The van der Waals surface area contributed by atoms with Crippen molar-refractivity contribution in [1.82, 2.24) is 5.43 Å². The molecule has 136 valence electrons. The number of benzene rings is 2. The zero-order valence-electron chi connectivity index (χ0n) is 14.2. The molecule has 0 aliphatic rings. The van der Waals surface area contributed by atoms with Gasteiger partial charge in [0.05, 0.1) is 13.3 Å². The van der Waals surface area contributed by atoms with Crippen molar-refractivity contribution in [2.75, 3.05) is 12.4 Å². The number of ether oxygens (including phenoxy) is 1. The van der Waals surface area contributed by atoms with Crippen LogP contribution >= 0.6 is 11.6 Å². The summed E-state index contributed by atoms with van der Waals surface area (Å²) in [6.07, 6.45) is 0.985. The van der Waals surface area contributed by atoms with Gasteiger partial charge in [-0.05, 0) is 48.4 Å². The molecule has 2 aromatic rings. The number of aromatic hydroxyl groups is 1. The molecule has 0 unspecified atom stereocenters. The molecule has 2 aromatic carbocycles. The fraction of sp³-hybridized carbons (Fsp3) is 0.167. The molecular weight excluding hydrogens is 358 g/mol. The van der Waals surface area contributed by atoms with Gasteiger partial charge in [0.2, 0.25) is 11.8 Å². The second-order valence-corrected chi connectivity index (χ2v) is 5.82. The van der Waals surface area contributed by atoms with Crippen molar-refractivity contribution in [2.24, 2.45) is 5.10 Å². The number of nitrogens with one attached hydrogen (secondary N) is 2. The number of rotatable bonds is 6. The minimum atomic E-state index is -0.567. The van der Waals surface area contributed by atoms with Crippen LogP contribution in [0.2, 0.25) is 5.02 Å². The maximum Gasteiger partial charge on any atom is 0.249 e. The molecule has 0 atom stereocenters.